The Hall–Kier alpha value is -0.610. The van der Waals surface area contributed by atoms with Crippen LogP contribution in [0, 0.1) is 5.92 Å². The minimum atomic E-state index is -1.17. The third kappa shape index (κ3) is 5.94. The van der Waals surface area contributed by atoms with E-state index in [9.17, 15) is 9.90 Å². The van der Waals surface area contributed by atoms with Gasteiger partial charge in [0, 0.05) is 12.8 Å². The van der Waals surface area contributed by atoms with E-state index in [4.69, 9.17) is 5.11 Å². The molecule has 0 heterocycles. The summed E-state index contributed by atoms with van der Waals surface area (Å²) in [4.78, 5) is 10.5. The van der Waals surface area contributed by atoms with E-state index in [2.05, 4.69) is 11.7 Å². The fourth-order valence-corrected chi connectivity index (χ4v) is 1.25. The van der Waals surface area contributed by atoms with Crippen molar-refractivity contribution in [3.63, 3.8) is 0 Å². The van der Waals surface area contributed by atoms with Gasteiger partial charge in [-0.1, -0.05) is 26.2 Å². The second kappa shape index (κ2) is 7.76. The van der Waals surface area contributed by atoms with E-state index < -0.39 is 12.3 Å². The lowest BCUT2D eigenvalue weighted by Gasteiger charge is -2.19. The third-order valence-corrected chi connectivity index (χ3v) is 2.10. The largest absolute Gasteiger partial charge is 0.436 e. The SMILES string of the molecule is CCCCCC(CO)C(O)OC(C)=O. The highest BCUT2D eigenvalue weighted by Crippen LogP contribution is 2.14. The van der Waals surface area contributed by atoms with Crippen LogP contribution in [-0.2, 0) is 9.53 Å². The van der Waals surface area contributed by atoms with Gasteiger partial charge in [0.1, 0.15) is 0 Å². The number of ether oxygens (including phenoxy) is 1. The average molecular weight is 204 g/mol. The van der Waals surface area contributed by atoms with Crippen LogP contribution in [0.2, 0.25) is 0 Å². The fraction of sp³-hybridized carbons (Fsp3) is 0.900. The molecule has 0 aromatic heterocycles. The van der Waals surface area contributed by atoms with Crippen LogP contribution < -0.4 is 0 Å². The van der Waals surface area contributed by atoms with Gasteiger partial charge in [-0.2, -0.15) is 0 Å². The van der Waals surface area contributed by atoms with Gasteiger partial charge in [-0.3, -0.25) is 4.79 Å². The molecule has 0 saturated heterocycles. The lowest BCUT2D eigenvalue weighted by atomic mass is 10.0. The smallest absolute Gasteiger partial charge is 0.304 e. The number of hydrogen-bond donors (Lipinski definition) is 2. The summed E-state index contributed by atoms with van der Waals surface area (Å²) in [5.41, 5.74) is 0. The van der Waals surface area contributed by atoms with Gasteiger partial charge in [0.15, 0.2) is 0 Å². The molecule has 0 aliphatic rings. The van der Waals surface area contributed by atoms with Gasteiger partial charge >= 0.3 is 5.97 Å². The predicted molar refractivity (Wildman–Crippen MR) is 52.5 cm³/mol. The van der Waals surface area contributed by atoms with Crippen molar-refractivity contribution in [3.05, 3.63) is 0 Å². The van der Waals surface area contributed by atoms with E-state index in [1.807, 2.05) is 0 Å². The molecule has 0 spiro atoms. The molecule has 0 fully saturated rings. The number of unbranched alkanes of at least 4 members (excludes halogenated alkanes) is 2. The number of esters is 1. The quantitative estimate of drug-likeness (QED) is 0.369. The summed E-state index contributed by atoms with van der Waals surface area (Å²) in [7, 11) is 0. The number of hydrogen-bond acceptors (Lipinski definition) is 4. The molecule has 4 heteroatoms. The van der Waals surface area contributed by atoms with Gasteiger partial charge < -0.3 is 14.9 Å². The molecule has 0 amide bonds. The molecule has 0 rings (SSSR count). The maximum Gasteiger partial charge on any atom is 0.304 e. The fourth-order valence-electron chi connectivity index (χ4n) is 1.25. The van der Waals surface area contributed by atoms with E-state index in [1.165, 1.54) is 6.92 Å². The average Bonchev–Trinajstić information content (AvgIpc) is 2.11. The highest BCUT2D eigenvalue weighted by atomic mass is 16.6. The molecule has 0 bridgehead atoms. The normalized spacial score (nSPS) is 14.9. The number of carbonyl (C=O) groups excluding carboxylic acids is 1. The van der Waals surface area contributed by atoms with Crippen LogP contribution in [0.1, 0.15) is 39.5 Å². The van der Waals surface area contributed by atoms with E-state index in [0.29, 0.717) is 6.42 Å². The summed E-state index contributed by atoms with van der Waals surface area (Å²) < 4.78 is 4.59. The third-order valence-electron chi connectivity index (χ3n) is 2.10. The molecule has 2 N–H and O–H groups in total. The first-order valence-electron chi connectivity index (χ1n) is 5.08. The molecular weight excluding hydrogens is 184 g/mol. The maximum atomic E-state index is 10.5. The number of aliphatic hydroxyl groups excluding tert-OH is 2. The Balaban J connectivity index is 3.80. The Bertz CT molecular complexity index is 158. The van der Waals surface area contributed by atoms with Gasteiger partial charge in [-0.25, -0.2) is 0 Å². The lowest BCUT2D eigenvalue weighted by molar-refractivity contribution is -0.177. The van der Waals surface area contributed by atoms with Crippen molar-refractivity contribution in [2.24, 2.45) is 5.92 Å². The molecule has 0 aromatic rings. The lowest BCUT2D eigenvalue weighted by Crippen LogP contribution is -2.28. The van der Waals surface area contributed by atoms with E-state index in [1.54, 1.807) is 0 Å². The first-order chi connectivity index (χ1) is 6.61. The Kier molecular flexibility index (Phi) is 7.42. The zero-order valence-corrected chi connectivity index (χ0v) is 8.90. The van der Waals surface area contributed by atoms with E-state index >= 15 is 0 Å². The summed E-state index contributed by atoms with van der Waals surface area (Å²) >= 11 is 0. The molecule has 2 unspecified atom stereocenters. The van der Waals surface area contributed by atoms with Gasteiger partial charge in [-0.15, -0.1) is 0 Å². The highest BCUT2D eigenvalue weighted by Gasteiger charge is 2.20. The summed E-state index contributed by atoms with van der Waals surface area (Å²) in [5, 5.41) is 18.3. The zero-order chi connectivity index (χ0) is 11.0. The zero-order valence-electron chi connectivity index (χ0n) is 8.90. The van der Waals surface area contributed by atoms with Gasteiger partial charge in [-0.05, 0) is 6.42 Å². The monoisotopic (exact) mass is 204 g/mol. The number of aliphatic hydroxyl groups is 2. The minimum absolute atomic E-state index is 0.155. The van der Waals surface area contributed by atoms with Crippen LogP contribution in [0.3, 0.4) is 0 Å². The molecule has 0 aliphatic carbocycles. The van der Waals surface area contributed by atoms with Crippen LogP contribution >= 0.6 is 0 Å². The minimum Gasteiger partial charge on any atom is -0.436 e. The van der Waals surface area contributed by atoms with Crippen molar-refractivity contribution in [1.29, 1.82) is 0 Å². The Morgan fingerprint density at radius 3 is 2.50 bits per heavy atom. The van der Waals surface area contributed by atoms with Crippen LogP contribution in [-0.4, -0.2) is 29.1 Å². The molecule has 0 radical (unpaired) electrons. The first kappa shape index (κ1) is 13.4. The van der Waals surface area contributed by atoms with Gasteiger partial charge in [0.2, 0.25) is 6.29 Å². The Morgan fingerprint density at radius 1 is 1.43 bits per heavy atom. The molecule has 4 nitrogen and oxygen atoms in total. The van der Waals surface area contributed by atoms with Crippen molar-refractivity contribution in [1.82, 2.24) is 0 Å². The summed E-state index contributed by atoms with van der Waals surface area (Å²) in [5.74, 6) is -0.878. The summed E-state index contributed by atoms with van der Waals surface area (Å²) in [6.07, 6.45) is 2.58. The maximum absolute atomic E-state index is 10.5. The topological polar surface area (TPSA) is 66.8 Å². The predicted octanol–water partition coefficient (Wildman–Crippen LogP) is 1.06. The highest BCUT2D eigenvalue weighted by molar-refractivity contribution is 5.66. The molecule has 0 saturated carbocycles. The number of carbonyl (C=O) groups is 1. The van der Waals surface area contributed by atoms with Crippen LogP contribution in [0.5, 0.6) is 0 Å². The molecular formula is C10H20O4. The molecule has 0 aliphatic heterocycles. The van der Waals surface area contributed by atoms with Gasteiger partial charge in [0.25, 0.3) is 0 Å². The first-order valence-corrected chi connectivity index (χ1v) is 5.08. The van der Waals surface area contributed by atoms with E-state index in [0.717, 1.165) is 19.3 Å². The van der Waals surface area contributed by atoms with Crippen LogP contribution in [0.4, 0.5) is 0 Å². The second-order valence-corrected chi connectivity index (χ2v) is 3.44. The number of rotatable bonds is 7. The van der Waals surface area contributed by atoms with Crippen molar-refractivity contribution < 1.29 is 19.7 Å². The van der Waals surface area contributed by atoms with E-state index in [-0.39, 0.29) is 12.5 Å². The molecule has 84 valence electrons. The molecule has 2 atom stereocenters. The van der Waals surface area contributed by atoms with Crippen molar-refractivity contribution in [2.75, 3.05) is 6.61 Å². The summed E-state index contributed by atoms with van der Waals surface area (Å²) in [6, 6.07) is 0. The van der Waals surface area contributed by atoms with Gasteiger partial charge in [0.05, 0.1) is 6.61 Å². The Labute approximate surface area is 84.9 Å². The molecule has 0 aromatic carbocycles. The van der Waals surface area contributed by atoms with Crippen molar-refractivity contribution >= 4 is 5.97 Å². The standard InChI is InChI=1S/C10H20O4/c1-3-4-5-6-9(7-11)10(13)14-8(2)12/h9-11,13H,3-7H2,1-2H3. The van der Waals surface area contributed by atoms with Crippen LogP contribution in [0.25, 0.3) is 0 Å². The Morgan fingerprint density at radius 2 is 2.07 bits per heavy atom. The molecule has 14 heavy (non-hydrogen) atoms. The van der Waals surface area contributed by atoms with Crippen LogP contribution in [0.15, 0.2) is 0 Å². The second-order valence-electron chi connectivity index (χ2n) is 3.44. The van der Waals surface area contributed by atoms with Crippen molar-refractivity contribution in [2.45, 2.75) is 45.8 Å². The van der Waals surface area contributed by atoms with Crippen molar-refractivity contribution in [3.8, 4) is 0 Å². The summed E-state index contributed by atoms with van der Waals surface area (Å²) in [6.45, 7) is 3.16.